The molecule has 0 bridgehead atoms. The summed E-state index contributed by atoms with van der Waals surface area (Å²) in [7, 11) is 0. The third-order valence-electron chi connectivity index (χ3n) is 3.44. The van der Waals surface area contributed by atoms with Gasteiger partial charge in [-0.15, -0.1) is 0 Å². The van der Waals surface area contributed by atoms with Crippen molar-refractivity contribution in [2.45, 2.75) is 27.3 Å². The van der Waals surface area contributed by atoms with Gasteiger partial charge in [0, 0.05) is 13.1 Å². The Bertz CT molecular complexity index is 564. The number of nitrogens with zero attached hydrogens (tertiary/aromatic N) is 2. The minimum atomic E-state index is 0.746. The fourth-order valence-corrected chi connectivity index (χ4v) is 2.08. The van der Waals surface area contributed by atoms with Gasteiger partial charge in [-0.05, 0) is 44.0 Å². The molecular weight excluding hydrogens is 234 g/mol. The highest BCUT2D eigenvalue weighted by Gasteiger charge is 2.09. The Labute approximate surface area is 115 Å². The number of nitrogen functional groups attached to an aromatic ring is 1. The lowest BCUT2D eigenvalue weighted by Crippen LogP contribution is -2.23. The maximum Gasteiger partial charge on any atom is 0.129 e. The molecule has 2 aromatic rings. The molecule has 3 nitrogen and oxygen atoms in total. The van der Waals surface area contributed by atoms with Crippen LogP contribution in [0.5, 0.6) is 0 Å². The van der Waals surface area contributed by atoms with Crippen molar-refractivity contribution in [1.82, 2.24) is 4.98 Å². The maximum absolute atomic E-state index is 5.83. The van der Waals surface area contributed by atoms with E-state index in [-0.39, 0.29) is 0 Å². The zero-order chi connectivity index (χ0) is 13.8. The van der Waals surface area contributed by atoms with Crippen LogP contribution in [0.3, 0.4) is 0 Å². The van der Waals surface area contributed by atoms with Crippen LogP contribution >= 0.6 is 0 Å². The summed E-state index contributed by atoms with van der Waals surface area (Å²) in [6, 6.07) is 12.4. The molecule has 0 aliphatic rings. The van der Waals surface area contributed by atoms with Gasteiger partial charge in [0.1, 0.15) is 5.82 Å². The third-order valence-corrected chi connectivity index (χ3v) is 3.44. The van der Waals surface area contributed by atoms with Crippen LogP contribution in [-0.4, -0.2) is 11.5 Å². The SMILES string of the molecule is CCN(Cc1ccccc1C)c1ccc(N)c(C)n1. The van der Waals surface area contributed by atoms with E-state index in [0.29, 0.717) is 0 Å². The smallest absolute Gasteiger partial charge is 0.129 e. The van der Waals surface area contributed by atoms with Crippen LogP contribution in [0.15, 0.2) is 36.4 Å². The summed E-state index contributed by atoms with van der Waals surface area (Å²) in [6.45, 7) is 8.03. The highest BCUT2D eigenvalue weighted by molar-refractivity contribution is 5.50. The van der Waals surface area contributed by atoms with Crippen LogP contribution in [0.1, 0.15) is 23.7 Å². The molecule has 0 spiro atoms. The van der Waals surface area contributed by atoms with Crippen molar-refractivity contribution in [2.24, 2.45) is 0 Å². The van der Waals surface area contributed by atoms with Crippen molar-refractivity contribution in [3.8, 4) is 0 Å². The van der Waals surface area contributed by atoms with Crippen molar-refractivity contribution < 1.29 is 0 Å². The number of aromatic nitrogens is 1. The molecule has 0 unspecified atom stereocenters. The summed E-state index contributed by atoms with van der Waals surface area (Å²) in [4.78, 5) is 6.83. The maximum atomic E-state index is 5.83. The van der Waals surface area contributed by atoms with Gasteiger partial charge in [-0.25, -0.2) is 4.98 Å². The summed E-state index contributed by atoms with van der Waals surface area (Å²) in [6.07, 6.45) is 0. The predicted molar refractivity (Wildman–Crippen MR) is 81.3 cm³/mol. The molecule has 1 aromatic carbocycles. The lowest BCUT2D eigenvalue weighted by molar-refractivity contribution is 0.807. The van der Waals surface area contributed by atoms with Gasteiger partial charge in [-0.2, -0.15) is 0 Å². The van der Waals surface area contributed by atoms with Gasteiger partial charge in [-0.1, -0.05) is 24.3 Å². The molecule has 0 saturated heterocycles. The first-order valence-corrected chi connectivity index (χ1v) is 6.64. The van der Waals surface area contributed by atoms with Crippen molar-refractivity contribution in [2.75, 3.05) is 17.2 Å². The monoisotopic (exact) mass is 255 g/mol. The van der Waals surface area contributed by atoms with Crippen LogP contribution in [0.2, 0.25) is 0 Å². The minimum absolute atomic E-state index is 0.746. The standard InChI is InChI=1S/C16H21N3/c1-4-19(11-14-8-6-5-7-12(14)2)16-10-9-15(17)13(3)18-16/h5-10H,4,11,17H2,1-3H3. The Balaban J connectivity index is 2.25. The van der Waals surface area contributed by atoms with Crippen molar-refractivity contribution in [3.05, 3.63) is 53.2 Å². The number of hydrogen-bond acceptors (Lipinski definition) is 3. The van der Waals surface area contributed by atoms with Gasteiger partial charge in [-0.3, -0.25) is 0 Å². The molecule has 3 heteroatoms. The van der Waals surface area contributed by atoms with Gasteiger partial charge in [0.05, 0.1) is 11.4 Å². The Morgan fingerprint density at radius 3 is 2.47 bits per heavy atom. The fraction of sp³-hybridized carbons (Fsp3) is 0.312. The summed E-state index contributed by atoms with van der Waals surface area (Å²) >= 11 is 0. The molecule has 2 N–H and O–H groups in total. The average molecular weight is 255 g/mol. The number of hydrogen-bond donors (Lipinski definition) is 1. The summed E-state index contributed by atoms with van der Waals surface area (Å²) in [5.41, 5.74) is 10.1. The fourth-order valence-electron chi connectivity index (χ4n) is 2.08. The number of aryl methyl sites for hydroxylation is 2. The van der Waals surface area contributed by atoms with E-state index >= 15 is 0 Å². The molecule has 0 aliphatic carbocycles. The zero-order valence-corrected chi connectivity index (χ0v) is 11.9. The largest absolute Gasteiger partial charge is 0.397 e. The van der Waals surface area contributed by atoms with Crippen molar-refractivity contribution in [3.63, 3.8) is 0 Å². The van der Waals surface area contributed by atoms with Crippen LogP contribution in [0, 0.1) is 13.8 Å². The first-order valence-electron chi connectivity index (χ1n) is 6.64. The Morgan fingerprint density at radius 1 is 1.11 bits per heavy atom. The second kappa shape index (κ2) is 5.74. The summed E-state index contributed by atoms with van der Waals surface area (Å²) in [5, 5.41) is 0. The lowest BCUT2D eigenvalue weighted by atomic mass is 10.1. The number of anilines is 2. The third kappa shape index (κ3) is 3.05. The van der Waals surface area contributed by atoms with Gasteiger partial charge in [0.15, 0.2) is 0 Å². The Morgan fingerprint density at radius 2 is 1.84 bits per heavy atom. The van der Waals surface area contributed by atoms with E-state index < -0.39 is 0 Å². The molecule has 0 fully saturated rings. The van der Waals surface area contributed by atoms with Gasteiger partial charge >= 0.3 is 0 Å². The highest BCUT2D eigenvalue weighted by atomic mass is 15.2. The van der Waals surface area contributed by atoms with Crippen molar-refractivity contribution >= 4 is 11.5 Å². The topological polar surface area (TPSA) is 42.1 Å². The van der Waals surface area contributed by atoms with E-state index in [4.69, 9.17) is 5.73 Å². The highest BCUT2D eigenvalue weighted by Crippen LogP contribution is 2.19. The summed E-state index contributed by atoms with van der Waals surface area (Å²) in [5.74, 6) is 0.984. The van der Waals surface area contributed by atoms with Crippen LogP contribution in [0.25, 0.3) is 0 Å². The molecule has 0 amide bonds. The van der Waals surface area contributed by atoms with E-state index in [9.17, 15) is 0 Å². The van der Waals surface area contributed by atoms with E-state index in [0.717, 1.165) is 30.3 Å². The molecule has 1 aromatic heterocycles. The molecule has 1 heterocycles. The first kappa shape index (κ1) is 13.4. The lowest BCUT2D eigenvalue weighted by Gasteiger charge is -2.23. The normalized spacial score (nSPS) is 10.5. The second-order valence-corrected chi connectivity index (χ2v) is 4.78. The Hall–Kier alpha value is -2.03. The van der Waals surface area contributed by atoms with E-state index in [1.807, 2.05) is 19.1 Å². The van der Waals surface area contributed by atoms with Crippen LogP contribution in [-0.2, 0) is 6.54 Å². The van der Waals surface area contributed by atoms with Crippen molar-refractivity contribution in [1.29, 1.82) is 0 Å². The second-order valence-electron chi connectivity index (χ2n) is 4.78. The number of pyridine rings is 1. The molecule has 19 heavy (non-hydrogen) atoms. The van der Waals surface area contributed by atoms with Gasteiger partial charge in [0.25, 0.3) is 0 Å². The zero-order valence-electron chi connectivity index (χ0n) is 11.9. The quantitative estimate of drug-likeness (QED) is 0.911. The molecule has 100 valence electrons. The summed E-state index contributed by atoms with van der Waals surface area (Å²) < 4.78 is 0. The molecule has 0 radical (unpaired) electrons. The molecule has 2 rings (SSSR count). The minimum Gasteiger partial charge on any atom is -0.397 e. The Kier molecular flexibility index (Phi) is 4.05. The van der Waals surface area contributed by atoms with Crippen LogP contribution < -0.4 is 10.6 Å². The van der Waals surface area contributed by atoms with E-state index in [1.165, 1.54) is 11.1 Å². The number of nitrogens with two attached hydrogens (primary N) is 1. The number of rotatable bonds is 4. The predicted octanol–water partition coefficient (Wildman–Crippen LogP) is 3.31. The number of benzene rings is 1. The van der Waals surface area contributed by atoms with Crippen LogP contribution in [0.4, 0.5) is 11.5 Å². The van der Waals surface area contributed by atoms with Gasteiger partial charge in [0.2, 0.25) is 0 Å². The molecule has 0 saturated carbocycles. The van der Waals surface area contributed by atoms with Gasteiger partial charge < -0.3 is 10.6 Å². The average Bonchev–Trinajstić information content (AvgIpc) is 2.41. The molecule has 0 aliphatic heterocycles. The molecule has 0 atom stereocenters. The first-order chi connectivity index (χ1) is 9.11. The van der Waals surface area contributed by atoms with E-state index in [1.54, 1.807) is 0 Å². The molecular formula is C16H21N3. The van der Waals surface area contributed by atoms with E-state index in [2.05, 4.69) is 48.0 Å².